The van der Waals surface area contributed by atoms with Crippen LogP contribution < -0.4 is 9.47 Å². The summed E-state index contributed by atoms with van der Waals surface area (Å²) in [7, 11) is 1.55. The van der Waals surface area contributed by atoms with Crippen LogP contribution in [0.5, 0.6) is 11.5 Å². The molecule has 1 aromatic rings. The van der Waals surface area contributed by atoms with Gasteiger partial charge in [-0.15, -0.1) is 5.92 Å². The summed E-state index contributed by atoms with van der Waals surface area (Å²) in [6.45, 7) is 2.02. The summed E-state index contributed by atoms with van der Waals surface area (Å²) < 4.78 is 10.3. The van der Waals surface area contributed by atoms with Crippen molar-refractivity contribution in [3.63, 3.8) is 0 Å². The summed E-state index contributed by atoms with van der Waals surface area (Å²) in [6.07, 6.45) is 0.733. The second-order valence-corrected chi connectivity index (χ2v) is 2.74. The molecule has 15 heavy (non-hydrogen) atoms. The molecular weight excluding hydrogens is 192 g/mol. The molecule has 0 aromatic heterocycles. The largest absolute Gasteiger partial charge is 0.497 e. The zero-order valence-electron chi connectivity index (χ0n) is 8.74. The molecule has 0 aliphatic carbocycles. The fraction of sp³-hybridized carbons (Fsp3) is 0.250. The second-order valence-electron chi connectivity index (χ2n) is 2.74. The van der Waals surface area contributed by atoms with Gasteiger partial charge < -0.3 is 9.47 Å². The number of aldehydes is 1. The van der Waals surface area contributed by atoms with Crippen molar-refractivity contribution in [3.8, 4) is 23.3 Å². The van der Waals surface area contributed by atoms with Gasteiger partial charge in [0.2, 0.25) is 0 Å². The molecule has 0 heterocycles. The molecule has 3 heteroatoms. The molecule has 1 aromatic carbocycles. The maximum absolute atomic E-state index is 10.8. The first-order valence-electron chi connectivity index (χ1n) is 4.47. The van der Waals surface area contributed by atoms with Gasteiger partial charge >= 0.3 is 0 Å². The lowest BCUT2D eigenvalue weighted by atomic mass is 10.2. The van der Waals surface area contributed by atoms with E-state index in [2.05, 4.69) is 11.8 Å². The van der Waals surface area contributed by atoms with Gasteiger partial charge in [-0.05, 0) is 25.1 Å². The van der Waals surface area contributed by atoms with Crippen LogP contribution in [-0.2, 0) is 0 Å². The predicted octanol–water partition coefficient (Wildman–Crippen LogP) is 1.91. The van der Waals surface area contributed by atoms with Crippen LogP contribution in [0.25, 0.3) is 0 Å². The lowest BCUT2D eigenvalue weighted by molar-refractivity contribution is 0.112. The summed E-state index contributed by atoms with van der Waals surface area (Å²) in [4.78, 5) is 10.8. The van der Waals surface area contributed by atoms with Crippen molar-refractivity contribution in [1.82, 2.24) is 0 Å². The Morgan fingerprint density at radius 1 is 1.47 bits per heavy atom. The number of carbonyl (C=O) groups excluding carboxylic acids is 1. The molecule has 0 saturated heterocycles. The molecule has 78 valence electrons. The first-order valence-corrected chi connectivity index (χ1v) is 4.47. The minimum absolute atomic E-state index is 0.281. The highest BCUT2D eigenvalue weighted by molar-refractivity contribution is 5.80. The van der Waals surface area contributed by atoms with E-state index in [-0.39, 0.29) is 6.61 Å². The smallest absolute Gasteiger partial charge is 0.153 e. The molecule has 0 aliphatic rings. The van der Waals surface area contributed by atoms with E-state index in [9.17, 15) is 4.79 Å². The molecule has 0 fully saturated rings. The third kappa shape index (κ3) is 3.03. The van der Waals surface area contributed by atoms with Crippen LogP contribution in [0.15, 0.2) is 18.2 Å². The fourth-order valence-corrected chi connectivity index (χ4v) is 1.06. The van der Waals surface area contributed by atoms with Crippen molar-refractivity contribution in [2.75, 3.05) is 13.7 Å². The SMILES string of the molecule is CC#CCOc1ccc(OC)cc1C=O. The topological polar surface area (TPSA) is 35.5 Å². The number of benzene rings is 1. The number of ether oxygens (including phenoxy) is 2. The molecule has 0 unspecified atom stereocenters. The van der Waals surface area contributed by atoms with E-state index in [0.29, 0.717) is 17.1 Å². The third-order valence-electron chi connectivity index (χ3n) is 1.82. The van der Waals surface area contributed by atoms with Crippen molar-refractivity contribution in [2.24, 2.45) is 0 Å². The maximum atomic E-state index is 10.8. The van der Waals surface area contributed by atoms with E-state index in [1.54, 1.807) is 32.2 Å². The van der Waals surface area contributed by atoms with Gasteiger partial charge in [-0.3, -0.25) is 4.79 Å². The Kier molecular flexibility index (Phi) is 4.24. The quantitative estimate of drug-likeness (QED) is 0.555. The van der Waals surface area contributed by atoms with Gasteiger partial charge in [0.1, 0.15) is 18.1 Å². The van der Waals surface area contributed by atoms with Gasteiger partial charge in [-0.2, -0.15) is 0 Å². The van der Waals surface area contributed by atoms with Gasteiger partial charge in [0.25, 0.3) is 0 Å². The molecular formula is C12H12O3. The lowest BCUT2D eigenvalue weighted by Gasteiger charge is -2.06. The molecule has 0 N–H and O–H groups in total. The minimum atomic E-state index is 0.281. The van der Waals surface area contributed by atoms with Gasteiger partial charge in [0.15, 0.2) is 6.29 Å². The molecule has 0 radical (unpaired) electrons. The monoisotopic (exact) mass is 204 g/mol. The molecule has 3 nitrogen and oxygen atoms in total. The Morgan fingerprint density at radius 3 is 2.87 bits per heavy atom. The van der Waals surface area contributed by atoms with Crippen LogP contribution in [0.2, 0.25) is 0 Å². The first-order chi connectivity index (χ1) is 7.31. The minimum Gasteiger partial charge on any atom is -0.497 e. The molecule has 0 saturated carbocycles. The summed E-state index contributed by atoms with van der Waals surface area (Å²) in [5.41, 5.74) is 0.465. The standard InChI is InChI=1S/C12H12O3/c1-3-4-7-15-12-6-5-11(14-2)8-10(12)9-13/h5-6,8-9H,7H2,1-2H3. The van der Waals surface area contributed by atoms with Crippen LogP contribution in [0, 0.1) is 11.8 Å². The van der Waals surface area contributed by atoms with Gasteiger partial charge in [0, 0.05) is 0 Å². The number of carbonyl (C=O) groups is 1. The van der Waals surface area contributed by atoms with Crippen LogP contribution >= 0.6 is 0 Å². The fourth-order valence-electron chi connectivity index (χ4n) is 1.06. The Hall–Kier alpha value is -1.95. The Bertz CT molecular complexity index is 399. The maximum Gasteiger partial charge on any atom is 0.153 e. The highest BCUT2D eigenvalue weighted by Crippen LogP contribution is 2.22. The molecule has 0 amide bonds. The number of methoxy groups -OCH3 is 1. The van der Waals surface area contributed by atoms with Gasteiger partial charge in [0.05, 0.1) is 12.7 Å². The zero-order chi connectivity index (χ0) is 11.1. The highest BCUT2D eigenvalue weighted by atomic mass is 16.5. The van der Waals surface area contributed by atoms with E-state index >= 15 is 0 Å². The average Bonchev–Trinajstić information content (AvgIpc) is 2.29. The van der Waals surface area contributed by atoms with E-state index in [1.807, 2.05) is 0 Å². The van der Waals surface area contributed by atoms with Crippen LogP contribution in [0.1, 0.15) is 17.3 Å². The zero-order valence-corrected chi connectivity index (χ0v) is 8.74. The Balaban J connectivity index is 2.85. The summed E-state index contributed by atoms with van der Waals surface area (Å²) >= 11 is 0. The lowest BCUT2D eigenvalue weighted by Crippen LogP contribution is -1.98. The van der Waals surface area contributed by atoms with Gasteiger partial charge in [-0.1, -0.05) is 5.92 Å². The Morgan fingerprint density at radius 2 is 2.27 bits per heavy atom. The number of hydrogen-bond acceptors (Lipinski definition) is 3. The average molecular weight is 204 g/mol. The van der Waals surface area contributed by atoms with Crippen LogP contribution in [0.3, 0.4) is 0 Å². The van der Waals surface area contributed by atoms with Crippen molar-refractivity contribution in [1.29, 1.82) is 0 Å². The van der Waals surface area contributed by atoms with Crippen molar-refractivity contribution in [2.45, 2.75) is 6.92 Å². The van der Waals surface area contributed by atoms with E-state index in [0.717, 1.165) is 6.29 Å². The number of hydrogen-bond donors (Lipinski definition) is 0. The normalized spacial score (nSPS) is 8.67. The van der Waals surface area contributed by atoms with Crippen LogP contribution in [0.4, 0.5) is 0 Å². The Labute approximate surface area is 89.0 Å². The number of rotatable bonds is 4. The van der Waals surface area contributed by atoms with Crippen molar-refractivity contribution >= 4 is 6.29 Å². The third-order valence-corrected chi connectivity index (χ3v) is 1.82. The molecule has 0 atom stereocenters. The van der Waals surface area contributed by atoms with Crippen molar-refractivity contribution in [3.05, 3.63) is 23.8 Å². The second kappa shape index (κ2) is 5.71. The molecule has 0 spiro atoms. The van der Waals surface area contributed by atoms with E-state index < -0.39 is 0 Å². The highest BCUT2D eigenvalue weighted by Gasteiger charge is 2.03. The van der Waals surface area contributed by atoms with Crippen LogP contribution in [-0.4, -0.2) is 20.0 Å². The molecule has 0 bridgehead atoms. The van der Waals surface area contributed by atoms with E-state index in [1.165, 1.54) is 0 Å². The van der Waals surface area contributed by atoms with Gasteiger partial charge in [-0.25, -0.2) is 0 Å². The summed E-state index contributed by atoms with van der Waals surface area (Å²) in [5, 5.41) is 0. The first kappa shape index (κ1) is 11.1. The van der Waals surface area contributed by atoms with E-state index in [4.69, 9.17) is 9.47 Å². The summed E-state index contributed by atoms with van der Waals surface area (Å²) in [5.74, 6) is 6.62. The van der Waals surface area contributed by atoms with Crippen molar-refractivity contribution < 1.29 is 14.3 Å². The predicted molar refractivity (Wildman–Crippen MR) is 57.3 cm³/mol. The molecule has 1 rings (SSSR count). The molecule has 0 aliphatic heterocycles. The summed E-state index contributed by atoms with van der Waals surface area (Å²) in [6, 6.07) is 5.06.